The summed E-state index contributed by atoms with van der Waals surface area (Å²) in [7, 11) is 1.66. The molecule has 0 amide bonds. The number of fused-ring (bicyclic) bond motifs is 1. The predicted molar refractivity (Wildman–Crippen MR) is 112 cm³/mol. The van der Waals surface area contributed by atoms with Crippen LogP contribution in [0, 0.1) is 0 Å². The molecule has 0 spiro atoms. The molecule has 0 bridgehead atoms. The van der Waals surface area contributed by atoms with E-state index in [9.17, 15) is 4.79 Å². The molecule has 5 heteroatoms. The van der Waals surface area contributed by atoms with Crippen LogP contribution < -0.4 is 15.4 Å². The monoisotopic (exact) mass is 386 g/mol. The van der Waals surface area contributed by atoms with Crippen LogP contribution in [0.15, 0.2) is 82.6 Å². The Labute approximate surface area is 169 Å². The van der Waals surface area contributed by atoms with Crippen LogP contribution in [0.3, 0.4) is 0 Å². The molecule has 0 saturated carbocycles. The number of para-hydroxylation sites is 2. The molecule has 5 nitrogen and oxygen atoms in total. The van der Waals surface area contributed by atoms with E-state index < -0.39 is 0 Å². The van der Waals surface area contributed by atoms with Gasteiger partial charge in [0.05, 0.1) is 24.7 Å². The lowest BCUT2D eigenvalue weighted by Crippen LogP contribution is -2.26. The molecule has 146 valence electrons. The van der Waals surface area contributed by atoms with E-state index in [2.05, 4.69) is 16.7 Å². The van der Waals surface area contributed by atoms with Crippen LogP contribution in [0.1, 0.15) is 36.1 Å². The van der Waals surface area contributed by atoms with Crippen molar-refractivity contribution in [3.05, 3.63) is 89.5 Å². The van der Waals surface area contributed by atoms with Gasteiger partial charge in [-0.3, -0.25) is 4.79 Å². The van der Waals surface area contributed by atoms with Gasteiger partial charge in [0.1, 0.15) is 17.6 Å². The fourth-order valence-electron chi connectivity index (χ4n) is 4.29. The van der Waals surface area contributed by atoms with Crippen molar-refractivity contribution in [3.8, 4) is 5.75 Å². The van der Waals surface area contributed by atoms with Crippen molar-refractivity contribution in [1.82, 2.24) is 0 Å². The van der Waals surface area contributed by atoms with E-state index in [1.165, 1.54) is 0 Å². The van der Waals surface area contributed by atoms with Gasteiger partial charge in [-0.15, -0.1) is 0 Å². The zero-order valence-corrected chi connectivity index (χ0v) is 16.1. The minimum absolute atomic E-state index is 0.103. The average molecular weight is 386 g/mol. The summed E-state index contributed by atoms with van der Waals surface area (Å²) in [6, 6.07) is 19.5. The third-order valence-corrected chi connectivity index (χ3v) is 5.70. The SMILES string of the molecule is COc1cccc([C@@H]2CC(=O)C3=C(C2)Nc2ccccc2N[C@H]3c2ccco2)c1. The molecule has 3 aromatic rings. The number of carbonyl (C=O) groups is 1. The quantitative estimate of drug-likeness (QED) is 0.642. The molecular weight excluding hydrogens is 364 g/mol. The number of anilines is 2. The average Bonchev–Trinajstić information content (AvgIpc) is 3.22. The number of rotatable bonds is 3. The molecule has 2 aliphatic rings. The first kappa shape index (κ1) is 17.6. The molecule has 5 rings (SSSR count). The number of benzene rings is 2. The Morgan fingerprint density at radius 3 is 2.66 bits per heavy atom. The van der Waals surface area contributed by atoms with Gasteiger partial charge in [0.25, 0.3) is 0 Å². The topological polar surface area (TPSA) is 63.5 Å². The van der Waals surface area contributed by atoms with Gasteiger partial charge in [-0.25, -0.2) is 0 Å². The van der Waals surface area contributed by atoms with E-state index in [1.807, 2.05) is 54.6 Å². The maximum atomic E-state index is 13.4. The Morgan fingerprint density at radius 2 is 1.86 bits per heavy atom. The normalized spacial score (nSPS) is 20.8. The predicted octanol–water partition coefficient (Wildman–Crippen LogP) is 5.27. The lowest BCUT2D eigenvalue weighted by atomic mass is 9.79. The largest absolute Gasteiger partial charge is 0.497 e. The van der Waals surface area contributed by atoms with Crippen LogP contribution in [0.4, 0.5) is 11.4 Å². The maximum Gasteiger partial charge on any atom is 0.163 e. The summed E-state index contributed by atoms with van der Waals surface area (Å²) >= 11 is 0. The van der Waals surface area contributed by atoms with Crippen molar-refractivity contribution in [2.24, 2.45) is 0 Å². The number of carbonyl (C=O) groups excluding carboxylic acids is 1. The number of hydrogen-bond donors (Lipinski definition) is 2. The number of hydrogen-bond acceptors (Lipinski definition) is 5. The molecule has 2 heterocycles. The Balaban J connectivity index is 1.58. The summed E-state index contributed by atoms with van der Waals surface area (Å²) in [5.74, 6) is 1.79. The Hall–Kier alpha value is -3.47. The highest BCUT2D eigenvalue weighted by molar-refractivity contribution is 6.01. The highest BCUT2D eigenvalue weighted by Crippen LogP contribution is 2.44. The first-order chi connectivity index (χ1) is 14.2. The van der Waals surface area contributed by atoms with Crippen molar-refractivity contribution in [3.63, 3.8) is 0 Å². The van der Waals surface area contributed by atoms with Gasteiger partial charge in [0.15, 0.2) is 5.78 Å². The molecule has 0 saturated heterocycles. The number of allylic oxidation sites excluding steroid dienone is 1. The summed E-state index contributed by atoms with van der Waals surface area (Å²) in [6.07, 6.45) is 2.86. The van der Waals surface area contributed by atoms with Crippen molar-refractivity contribution >= 4 is 17.2 Å². The molecule has 29 heavy (non-hydrogen) atoms. The molecule has 2 atom stereocenters. The van der Waals surface area contributed by atoms with Crippen LogP contribution in [0.2, 0.25) is 0 Å². The Morgan fingerprint density at radius 1 is 1.00 bits per heavy atom. The summed E-state index contributed by atoms with van der Waals surface area (Å²) in [6.45, 7) is 0. The number of ether oxygens (including phenoxy) is 1. The van der Waals surface area contributed by atoms with Gasteiger partial charge < -0.3 is 19.8 Å². The van der Waals surface area contributed by atoms with Crippen LogP contribution in [-0.4, -0.2) is 12.9 Å². The second kappa shape index (κ2) is 7.17. The fraction of sp³-hybridized carbons (Fsp3) is 0.208. The minimum Gasteiger partial charge on any atom is -0.497 e. The number of methoxy groups -OCH3 is 1. The van der Waals surface area contributed by atoms with Crippen molar-refractivity contribution in [1.29, 1.82) is 0 Å². The smallest absolute Gasteiger partial charge is 0.163 e. The number of ketones is 1. The summed E-state index contributed by atoms with van der Waals surface area (Å²) in [5.41, 5.74) is 4.75. The third-order valence-electron chi connectivity index (χ3n) is 5.70. The second-order valence-corrected chi connectivity index (χ2v) is 7.46. The molecule has 1 aromatic heterocycles. The molecular formula is C24H22N2O3. The number of Topliss-reactive ketones (excluding diaryl/α,β-unsaturated/α-hetero) is 1. The summed E-state index contributed by atoms with van der Waals surface area (Å²) in [5, 5.41) is 7.04. The van der Waals surface area contributed by atoms with E-state index in [-0.39, 0.29) is 17.7 Å². The second-order valence-electron chi connectivity index (χ2n) is 7.46. The van der Waals surface area contributed by atoms with Crippen molar-refractivity contribution < 1.29 is 13.9 Å². The van der Waals surface area contributed by atoms with E-state index >= 15 is 0 Å². The third kappa shape index (κ3) is 3.18. The maximum absolute atomic E-state index is 13.4. The van der Waals surface area contributed by atoms with Crippen LogP contribution in [0.25, 0.3) is 0 Å². The molecule has 1 aliphatic carbocycles. The highest BCUT2D eigenvalue weighted by Gasteiger charge is 2.37. The zero-order chi connectivity index (χ0) is 19.8. The zero-order valence-electron chi connectivity index (χ0n) is 16.1. The van der Waals surface area contributed by atoms with Gasteiger partial charge in [-0.05, 0) is 54.3 Å². The lowest BCUT2D eigenvalue weighted by Gasteiger charge is -2.29. The molecule has 0 radical (unpaired) electrons. The first-order valence-electron chi connectivity index (χ1n) is 9.79. The first-order valence-corrected chi connectivity index (χ1v) is 9.79. The van der Waals surface area contributed by atoms with Gasteiger partial charge >= 0.3 is 0 Å². The van der Waals surface area contributed by atoms with Crippen molar-refractivity contribution in [2.75, 3.05) is 17.7 Å². The van der Waals surface area contributed by atoms with Gasteiger partial charge in [-0.1, -0.05) is 24.3 Å². The van der Waals surface area contributed by atoms with Gasteiger partial charge in [-0.2, -0.15) is 0 Å². The number of furan rings is 1. The molecule has 0 unspecified atom stereocenters. The van der Waals surface area contributed by atoms with Gasteiger partial charge in [0.2, 0.25) is 0 Å². The van der Waals surface area contributed by atoms with E-state index in [4.69, 9.17) is 9.15 Å². The molecule has 2 N–H and O–H groups in total. The molecule has 1 aliphatic heterocycles. The van der Waals surface area contributed by atoms with Crippen LogP contribution >= 0.6 is 0 Å². The Kier molecular flexibility index (Phi) is 4.35. The van der Waals surface area contributed by atoms with E-state index in [0.29, 0.717) is 6.42 Å². The lowest BCUT2D eigenvalue weighted by molar-refractivity contribution is -0.116. The van der Waals surface area contributed by atoms with Crippen molar-refractivity contribution in [2.45, 2.75) is 24.8 Å². The van der Waals surface area contributed by atoms with Crippen LogP contribution in [0.5, 0.6) is 5.75 Å². The minimum atomic E-state index is -0.310. The Bertz CT molecular complexity index is 1090. The van der Waals surface area contributed by atoms with Gasteiger partial charge in [0, 0.05) is 17.7 Å². The molecule has 0 fully saturated rings. The summed E-state index contributed by atoms with van der Waals surface area (Å²) < 4.78 is 11.1. The highest BCUT2D eigenvalue weighted by atomic mass is 16.5. The standard InChI is InChI=1S/C24H22N2O3/c1-28-17-7-4-6-15(12-17)16-13-20-23(21(27)14-16)24(22-10-5-11-29-22)26-19-9-3-2-8-18(19)25-20/h2-12,16,24-26H,13-14H2,1H3/t16-,24-/m0/s1. The van der Waals surface area contributed by atoms with E-state index in [0.717, 1.165) is 46.1 Å². The fourth-order valence-corrected chi connectivity index (χ4v) is 4.29. The van der Waals surface area contributed by atoms with Crippen LogP contribution in [-0.2, 0) is 4.79 Å². The van der Waals surface area contributed by atoms with E-state index in [1.54, 1.807) is 13.4 Å². The molecule has 2 aromatic carbocycles. The summed E-state index contributed by atoms with van der Waals surface area (Å²) in [4.78, 5) is 13.4. The number of nitrogens with one attached hydrogen (secondary N) is 2.